The molecule has 6 nitrogen and oxygen atoms in total. The first kappa shape index (κ1) is 22.6. The second-order valence-electron chi connectivity index (χ2n) is 8.74. The molecule has 1 heterocycles. The molecule has 0 spiro atoms. The Hall–Kier alpha value is -2.08. The van der Waals surface area contributed by atoms with Gasteiger partial charge in [-0.2, -0.15) is 0 Å². The highest BCUT2D eigenvalue weighted by Gasteiger charge is 2.33. The van der Waals surface area contributed by atoms with E-state index < -0.39 is 0 Å². The van der Waals surface area contributed by atoms with Gasteiger partial charge in [0.25, 0.3) is 0 Å². The third-order valence-electron chi connectivity index (χ3n) is 6.70. The third-order valence-corrected chi connectivity index (χ3v) is 6.70. The van der Waals surface area contributed by atoms with Gasteiger partial charge in [0.2, 0.25) is 5.91 Å². The number of carbonyl (C=O) groups excluding carboxylic acids is 1. The molecule has 1 aromatic rings. The van der Waals surface area contributed by atoms with Gasteiger partial charge < -0.3 is 20.3 Å². The number of ether oxygens (including phenoxy) is 1. The van der Waals surface area contributed by atoms with Gasteiger partial charge in [0.15, 0.2) is 5.96 Å². The van der Waals surface area contributed by atoms with Crippen molar-refractivity contribution in [3.8, 4) is 0 Å². The van der Waals surface area contributed by atoms with Crippen molar-refractivity contribution >= 4 is 11.9 Å². The molecule has 1 aliphatic heterocycles. The lowest BCUT2D eigenvalue weighted by molar-refractivity contribution is -0.132. The van der Waals surface area contributed by atoms with Gasteiger partial charge in [0.1, 0.15) is 0 Å². The minimum atomic E-state index is 0.249. The van der Waals surface area contributed by atoms with E-state index in [-0.39, 0.29) is 5.91 Å². The second kappa shape index (κ2) is 11.3. The van der Waals surface area contributed by atoms with E-state index in [1.165, 1.54) is 36.8 Å². The standard InChI is InChI=1S/C24H38N4O2/c1-25-23(27-19-24(14-17-30-2)12-5-6-13-24)26-15-7-10-22(29)28-16-11-20-8-3-4-9-21(20)18-28/h3-4,8-9H,5-7,10-19H2,1-2H3,(H2,25,26,27). The summed E-state index contributed by atoms with van der Waals surface area (Å²) in [6.07, 6.45) is 8.57. The van der Waals surface area contributed by atoms with Gasteiger partial charge in [-0.1, -0.05) is 37.1 Å². The SMILES string of the molecule is CN=C(NCCCC(=O)N1CCc2ccccc2C1)NCC1(CCOC)CCCC1. The topological polar surface area (TPSA) is 66.0 Å². The largest absolute Gasteiger partial charge is 0.385 e. The van der Waals surface area contributed by atoms with Crippen molar-refractivity contribution < 1.29 is 9.53 Å². The van der Waals surface area contributed by atoms with E-state index in [4.69, 9.17) is 4.74 Å². The van der Waals surface area contributed by atoms with Crippen LogP contribution in [0.4, 0.5) is 0 Å². The average Bonchev–Trinajstić information content (AvgIpc) is 3.25. The van der Waals surface area contributed by atoms with Crippen molar-refractivity contribution in [2.75, 3.05) is 40.4 Å². The van der Waals surface area contributed by atoms with Gasteiger partial charge in [-0.15, -0.1) is 0 Å². The minimum Gasteiger partial charge on any atom is -0.385 e. The van der Waals surface area contributed by atoms with E-state index in [1.54, 1.807) is 7.11 Å². The van der Waals surface area contributed by atoms with E-state index in [1.807, 2.05) is 11.9 Å². The average molecular weight is 415 g/mol. The first-order valence-electron chi connectivity index (χ1n) is 11.4. The van der Waals surface area contributed by atoms with Gasteiger partial charge in [-0.05, 0) is 48.6 Å². The summed E-state index contributed by atoms with van der Waals surface area (Å²) in [5.41, 5.74) is 2.99. The summed E-state index contributed by atoms with van der Waals surface area (Å²) in [6, 6.07) is 8.44. The molecule has 166 valence electrons. The van der Waals surface area contributed by atoms with Crippen LogP contribution in [0.5, 0.6) is 0 Å². The Labute approximate surface area is 181 Å². The molecule has 1 aromatic carbocycles. The fraction of sp³-hybridized carbons (Fsp3) is 0.667. The number of nitrogens with one attached hydrogen (secondary N) is 2. The van der Waals surface area contributed by atoms with Crippen molar-refractivity contribution in [1.29, 1.82) is 0 Å². The van der Waals surface area contributed by atoms with Crippen LogP contribution in [0, 0.1) is 5.41 Å². The molecule has 1 aliphatic carbocycles. The maximum absolute atomic E-state index is 12.6. The Morgan fingerprint density at radius 3 is 2.70 bits per heavy atom. The van der Waals surface area contributed by atoms with Crippen molar-refractivity contribution in [1.82, 2.24) is 15.5 Å². The number of methoxy groups -OCH3 is 1. The number of fused-ring (bicyclic) bond motifs is 1. The Kier molecular flexibility index (Phi) is 8.55. The van der Waals surface area contributed by atoms with Crippen molar-refractivity contribution in [3.05, 3.63) is 35.4 Å². The zero-order valence-electron chi connectivity index (χ0n) is 18.7. The predicted molar refractivity (Wildman–Crippen MR) is 122 cm³/mol. The molecule has 6 heteroatoms. The molecule has 0 aromatic heterocycles. The lowest BCUT2D eigenvalue weighted by Crippen LogP contribution is -2.43. The maximum atomic E-state index is 12.6. The smallest absolute Gasteiger partial charge is 0.222 e. The van der Waals surface area contributed by atoms with Gasteiger partial charge in [0, 0.05) is 53.4 Å². The van der Waals surface area contributed by atoms with Gasteiger partial charge in [-0.25, -0.2) is 0 Å². The van der Waals surface area contributed by atoms with E-state index in [0.29, 0.717) is 11.8 Å². The Balaban J connectivity index is 1.36. The van der Waals surface area contributed by atoms with E-state index in [9.17, 15) is 4.79 Å². The maximum Gasteiger partial charge on any atom is 0.222 e. The first-order valence-corrected chi connectivity index (χ1v) is 11.4. The van der Waals surface area contributed by atoms with Crippen molar-refractivity contribution in [2.45, 2.75) is 57.9 Å². The van der Waals surface area contributed by atoms with Crippen LogP contribution in [0.25, 0.3) is 0 Å². The number of rotatable bonds is 9. The van der Waals surface area contributed by atoms with E-state index >= 15 is 0 Å². The van der Waals surface area contributed by atoms with Crippen molar-refractivity contribution in [2.24, 2.45) is 10.4 Å². The number of benzene rings is 1. The summed E-state index contributed by atoms with van der Waals surface area (Å²) in [7, 11) is 3.59. The van der Waals surface area contributed by atoms with Crippen LogP contribution in [0.15, 0.2) is 29.3 Å². The molecule has 1 saturated carbocycles. The number of nitrogens with zero attached hydrogens (tertiary/aromatic N) is 2. The summed E-state index contributed by atoms with van der Waals surface area (Å²) >= 11 is 0. The number of amides is 1. The molecule has 0 saturated heterocycles. The quantitative estimate of drug-likeness (QED) is 0.370. The normalized spacial score (nSPS) is 18.2. The van der Waals surface area contributed by atoms with Gasteiger partial charge >= 0.3 is 0 Å². The molecule has 1 amide bonds. The van der Waals surface area contributed by atoms with Gasteiger partial charge in [-0.3, -0.25) is 9.79 Å². The summed E-state index contributed by atoms with van der Waals surface area (Å²) in [5, 5.41) is 6.89. The monoisotopic (exact) mass is 414 g/mol. The molecule has 2 N–H and O–H groups in total. The molecule has 2 aliphatic rings. The number of carbonyl (C=O) groups is 1. The molecule has 0 unspecified atom stereocenters. The molecule has 3 rings (SSSR count). The Morgan fingerprint density at radius 2 is 1.97 bits per heavy atom. The number of hydrogen-bond acceptors (Lipinski definition) is 3. The molecule has 0 radical (unpaired) electrons. The fourth-order valence-corrected chi connectivity index (χ4v) is 4.76. The summed E-state index contributed by atoms with van der Waals surface area (Å²) in [4.78, 5) is 19.0. The Bertz CT molecular complexity index is 713. The lowest BCUT2D eigenvalue weighted by atomic mass is 9.83. The van der Waals surface area contributed by atoms with Crippen LogP contribution in [-0.4, -0.2) is 57.2 Å². The Morgan fingerprint density at radius 1 is 1.20 bits per heavy atom. The highest BCUT2D eigenvalue weighted by molar-refractivity contribution is 5.80. The van der Waals surface area contributed by atoms with Crippen LogP contribution in [0.2, 0.25) is 0 Å². The van der Waals surface area contributed by atoms with Crippen LogP contribution in [0.3, 0.4) is 0 Å². The summed E-state index contributed by atoms with van der Waals surface area (Å²) < 4.78 is 5.32. The molecule has 1 fully saturated rings. The zero-order valence-corrected chi connectivity index (χ0v) is 18.7. The second-order valence-corrected chi connectivity index (χ2v) is 8.74. The third kappa shape index (κ3) is 6.21. The fourth-order valence-electron chi connectivity index (χ4n) is 4.76. The van der Waals surface area contributed by atoms with Crippen LogP contribution in [-0.2, 0) is 22.5 Å². The first-order chi connectivity index (χ1) is 14.7. The molecular formula is C24H38N4O2. The number of hydrogen-bond donors (Lipinski definition) is 2. The van der Waals surface area contributed by atoms with Crippen LogP contribution < -0.4 is 10.6 Å². The molecule has 0 atom stereocenters. The summed E-state index contributed by atoms with van der Waals surface area (Å²) in [6.45, 7) is 4.07. The van der Waals surface area contributed by atoms with Crippen molar-refractivity contribution in [3.63, 3.8) is 0 Å². The van der Waals surface area contributed by atoms with Crippen LogP contribution >= 0.6 is 0 Å². The highest BCUT2D eigenvalue weighted by atomic mass is 16.5. The molecular weight excluding hydrogens is 376 g/mol. The summed E-state index contributed by atoms with van der Waals surface area (Å²) in [5.74, 6) is 1.08. The minimum absolute atomic E-state index is 0.249. The van der Waals surface area contributed by atoms with Gasteiger partial charge in [0.05, 0.1) is 0 Å². The molecule has 0 bridgehead atoms. The number of aliphatic imine (C=N–C) groups is 1. The number of guanidine groups is 1. The van der Waals surface area contributed by atoms with E-state index in [2.05, 4.69) is 39.9 Å². The van der Waals surface area contributed by atoms with E-state index in [0.717, 1.165) is 58.0 Å². The zero-order chi connectivity index (χ0) is 21.2. The highest BCUT2D eigenvalue weighted by Crippen LogP contribution is 2.40. The molecule has 30 heavy (non-hydrogen) atoms. The predicted octanol–water partition coefficient (Wildman–Crippen LogP) is 3.11. The van der Waals surface area contributed by atoms with Crippen LogP contribution in [0.1, 0.15) is 56.1 Å². The lowest BCUT2D eigenvalue weighted by Gasteiger charge is -2.30.